The van der Waals surface area contributed by atoms with Crippen molar-refractivity contribution in [3.63, 3.8) is 0 Å². The van der Waals surface area contributed by atoms with E-state index in [0.29, 0.717) is 17.5 Å². The van der Waals surface area contributed by atoms with Gasteiger partial charge in [0.15, 0.2) is 0 Å². The number of nitrogens with one attached hydrogen (secondary N) is 4. The van der Waals surface area contributed by atoms with Gasteiger partial charge < -0.3 is 47.8 Å². The standard InChI is InChI=1S/C35H47N7O9/c1-20(30(47)38-19-29(45)46)39-33(50)27-15-16-35(2,3)42(27)34(51)26(18-21-7-5-4-6-8-21)41-32(49)25(17-22-9-11-23(43)12-10-22)40-31(48)24(36)13-14-28(37)44/h4-12,20,24-27,43H,13-19,36H2,1-3H3,(H2,37,44)(H,38,47)(H,39,50)(H,40,48)(H,41,49)(H,45,46)/t20-,24-,25-,26+,27-/m0/s1. The Morgan fingerprint density at radius 1 is 0.863 bits per heavy atom. The lowest BCUT2D eigenvalue weighted by atomic mass is 9.98. The van der Waals surface area contributed by atoms with E-state index in [1.165, 1.54) is 24.0 Å². The van der Waals surface area contributed by atoms with E-state index in [-0.39, 0.29) is 37.9 Å². The van der Waals surface area contributed by atoms with Crippen LogP contribution >= 0.6 is 0 Å². The van der Waals surface area contributed by atoms with Crippen LogP contribution in [0.15, 0.2) is 54.6 Å². The Morgan fingerprint density at radius 3 is 2.06 bits per heavy atom. The first-order chi connectivity index (χ1) is 24.0. The van der Waals surface area contributed by atoms with Crippen molar-refractivity contribution in [1.29, 1.82) is 0 Å². The van der Waals surface area contributed by atoms with Gasteiger partial charge in [-0.3, -0.25) is 33.6 Å². The van der Waals surface area contributed by atoms with E-state index in [0.717, 1.165) is 0 Å². The fraction of sp³-hybridized carbons (Fsp3) is 0.457. The summed E-state index contributed by atoms with van der Waals surface area (Å²) in [6, 6.07) is 9.12. The second-order valence-corrected chi connectivity index (χ2v) is 13.2. The number of likely N-dealkylation sites (tertiary alicyclic amines) is 1. The number of carboxylic acids is 1. The highest BCUT2D eigenvalue weighted by molar-refractivity contribution is 5.97. The lowest BCUT2D eigenvalue weighted by molar-refractivity contribution is -0.146. The van der Waals surface area contributed by atoms with Gasteiger partial charge in [-0.1, -0.05) is 42.5 Å². The van der Waals surface area contributed by atoms with E-state index in [4.69, 9.17) is 16.6 Å². The van der Waals surface area contributed by atoms with Crippen molar-refractivity contribution in [2.45, 2.75) is 95.0 Å². The van der Waals surface area contributed by atoms with E-state index in [9.17, 15) is 38.7 Å². The molecule has 16 heteroatoms. The monoisotopic (exact) mass is 709 g/mol. The van der Waals surface area contributed by atoms with Crippen molar-refractivity contribution in [3.8, 4) is 5.75 Å². The van der Waals surface area contributed by atoms with E-state index in [2.05, 4.69) is 21.3 Å². The Balaban J connectivity index is 1.91. The smallest absolute Gasteiger partial charge is 0.322 e. The second kappa shape index (κ2) is 17.9. The summed E-state index contributed by atoms with van der Waals surface area (Å²) in [5.74, 6) is -5.27. The lowest BCUT2D eigenvalue weighted by Crippen LogP contribution is -2.62. The van der Waals surface area contributed by atoms with E-state index < -0.39 is 83.7 Å². The number of phenols is 1. The third-order valence-electron chi connectivity index (χ3n) is 8.64. The van der Waals surface area contributed by atoms with E-state index in [1.807, 2.05) is 0 Å². The van der Waals surface area contributed by atoms with Crippen LogP contribution in [-0.4, -0.2) is 98.8 Å². The Hall–Kier alpha value is -5.51. The normalized spacial score (nSPS) is 17.3. The van der Waals surface area contributed by atoms with Crippen LogP contribution in [0.4, 0.5) is 0 Å². The first kappa shape index (κ1) is 39.9. The molecule has 2 aromatic rings. The van der Waals surface area contributed by atoms with Gasteiger partial charge in [-0.05, 0) is 63.3 Å². The highest BCUT2D eigenvalue weighted by Gasteiger charge is 2.48. The predicted octanol–water partition coefficient (Wildman–Crippen LogP) is -0.785. The molecule has 2 aromatic carbocycles. The molecule has 3 rings (SSSR count). The van der Waals surface area contributed by atoms with Gasteiger partial charge in [-0.15, -0.1) is 0 Å². The topological polar surface area (TPSA) is 263 Å². The molecule has 0 bridgehead atoms. The lowest BCUT2D eigenvalue weighted by Gasteiger charge is -2.38. The number of rotatable bonds is 17. The Labute approximate surface area is 295 Å². The van der Waals surface area contributed by atoms with E-state index >= 15 is 0 Å². The molecule has 1 aliphatic rings. The van der Waals surface area contributed by atoms with Crippen molar-refractivity contribution in [2.24, 2.45) is 11.5 Å². The minimum Gasteiger partial charge on any atom is -0.508 e. The fourth-order valence-electron chi connectivity index (χ4n) is 5.83. The molecular weight excluding hydrogens is 662 g/mol. The summed E-state index contributed by atoms with van der Waals surface area (Å²) in [5.41, 5.74) is 11.6. The zero-order valence-electron chi connectivity index (χ0n) is 28.9. The Morgan fingerprint density at radius 2 is 1.45 bits per heavy atom. The van der Waals surface area contributed by atoms with Crippen molar-refractivity contribution >= 4 is 41.4 Å². The van der Waals surface area contributed by atoms with Crippen LogP contribution in [0.1, 0.15) is 57.6 Å². The zero-order chi connectivity index (χ0) is 37.9. The molecule has 0 unspecified atom stereocenters. The molecule has 1 aliphatic heterocycles. The Bertz CT molecular complexity index is 1580. The van der Waals surface area contributed by atoms with Gasteiger partial charge in [0.1, 0.15) is 36.5 Å². The number of benzene rings is 2. The van der Waals surface area contributed by atoms with Crippen molar-refractivity contribution < 1.29 is 43.8 Å². The fourth-order valence-corrected chi connectivity index (χ4v) is 5.83. The van der Waals surface area contributed by atoms with Crippen LogP contribution in [-0.2, 0) is 46.4 Å². The summed E-state index contributed by atoms with van der Waals surface area (Å²) >= 11 is 0. The number of aliphatic carboxylic acids is 1. The van der Waals surface area contributed by atoms with Crippen LogP contribution < -0.4 is 32.7 Å². The second-order valence-electron chi connectivity index (χ2n) is 13.2. The third-order valence-corrected chi connectivity index (χ3v) is 8.64. The summed E-state index contributed by atoms with van der Waals surface area (Å²) in [6.07, 6.45) is 0.446. The molecule has 0 spiro atoms. The number of hydrogen-bond donors (Lipinski definition) is 8. The summed E-state index contributed by atoms with van der Waals surface area (Å²) in [6.45, 7) is 4.32. The maximum Gasteiger partial charge on any atom is 0.322 e. The van der Waals surface area contributed by atoms with Crippen molar-refractivity contribution in [3.05, 3.63) is 65.7 Å². The zero-order valence-corrected chi connectivity index (χ0v) is 28.9. The summed E-state index contributed by atoms with van der Waals surface area (Å²) in [5, 5.41) is 28.8. The number of carbonyl (C=O) groups is 7. The van der Waals surface area contributed by atoms with Crippen molar-refractivity contribution in [1.82, 2.24) is 26.2 Å². The van der Waals surface area contributed by atoms with Gasteiger partial charge in [-0.25, -0.2) is 0 Å². The largest absolute Gasteiger partial charge is 0.508 e. The van der Waals surface area contributed by atoms with E-state index in [1.54, 1.807) is 56.3 Å². The number of phenolic OH excluding ortho intramolecular Hbond substituents is 1. The molecule has 0 radical (unpaired) electrons. The van der Waals surface area contributed by atoms with Crippen molar-refractivity contribution in [2.75, 3.05) is 6.54 Å². The molecule has 6 amide bonds. The van der Waals surface area contributed by atoms with Gasteiger partial charge in [0.25, 0.3) is 0 Å². The average Bonchev–Trinajstić information content (AvgIpc) is 3.40. The molecule has 5 atom stereocenters. The minimum atomic E-state index is -1.25. The molecule has 16 nitrogen and oxygen atoms in total. The van der Waals surface area contributed by atoms with Crippen LogP contribution in [0.25, 0.3) is 0 Å². The van der Waals surface area contributed by atoms with Gasteiger partial charge in [0.05, 0.1) is 6.04 Å². The molecule has 10 N–H and O–H groups in total. The number of carbonyl (C=O) groups excluding carboxylic acids is 6. The van der Waals surface area contributed by atoms with Gasteiger partial charge >= 0.3 is 5.97 Å². The van der Waals surface area contributed by atoms with Crippen LogP contribution in [0.5, 0.6) is 5.75 Å². The number of carboxylic acid groups (broad SMARTS) is 1. The molecule has 0 saturated carbocycles. The average molecular weight is 710 g/mol. The summed E-state index contributed by atoms with van der Waals surface area (Å²) in [4.78, 5) is 91.1. The highest BCUT2D eigenvalue weighted by atomic mass is 16.4. The predicted molar refractivity (Wildman–Crippen MR) is 184 cm³/mol. The quantitative estimate of drug-likeness (QED) is 0.102. The van der Waals surface area contributed by atoms with Gasteiger partial charge in [0.2, 0.25) is 35.4 Å². The maximum absolute atomic E-state index is 14.5. The van der Waals surface area contributed by atoms with Crippen LogP contribution in [0, 0.1) is 0 Å². The molecular formula is C35H47N7O9. The van der Waals surface area contributed by atoms with Crippen LogP contribution in [0.2, 0.25) is 0 Å². The molecule has 0 aliphatic carbocycles. The molecule has 276 valence electrons. The number of primary amides is 1. The molecule has 0 aromatic heterocycles. The number of aromatic hydroxyl groups is 1. The number of amides is 6. The first-order valence-corrected chi connectivity index (χ1v) is 16.6. The molecule has 51 heavy (non-hydrogen) atoms. The van der Waals surface area contributed by atoms with Crippen LogP contribution in [0.3, 0.4) is 0 Å². The van der Waals surface area contributed by atoms with Gasteiger partial charge in [-0.2, -0.15) is 0 Å². The minimum absolute atomic E-state index is 0.00659. The number of nitrogens with zero attached hydrogens (tertiary/aromatic N) is 1. The third kappa shape index (κ3) is 11.8. The maximum atomic E-state index is 14.5. The molecule has 1 saturated heterocycles. The van der Waals surface area contributed by atoms with Gasteiger partial charge in [0, 0.05) is 24.8 Å². The Kier molecular flexibility index (Phi) is 14.0. The molecule has 1 heterocycles. The summed E-state index contributed by atoms with van der Waals surface area (Å²) in [7, 11) is 0. The molecule has 1 fully saturated rings. The SMILES string of the molecule is C[C@H](NC(=O)[C@@H]1CCC(C)(C)N1C(=O)[C@@H](Cc1ccccc1)NC(=O)[C@H](Cc1ccc(O)cc1)NC(=O)[C@@H](N)CCC(N)=O)C(=O)NCC(=O)O. The first-order valence-electron chi connectivity index (χ1n) is 16.6. The summed E-state index contributed by atoms with van der Waals surface area (Å²) < 4.78 is 0. The highest BCUT2D eigenvalue weighted by Crippen LogP contribution is 2.34. The number of nitrogens with two attached hydrogens (primary N) is 2. The number of hydrogen-bond acceptors (Lipinski definition) is 9.